The molecule has 0 amide bonds. The van der Waals surface area contributed by atoms with Crippen LogP contribution in [0.5, 0.6) is 11.5 Å². The molecule has 13 heavy (non-hydrogen) atoms. The Balaban J connectivity index is 3.06. The summed E-state index contributed by atoms with van der Waals surface area (Å²) in [6, 6.07) is 2.35. The number of halogens is 1. The highest BCUT2D eigenvalue weighted by molar-refractivity contribution is 5.40. The maximum absolute atomic E-state index is 12.9. The van der Waals surface area contributed by atoms with E-state index in [-0.39, 0.29) is 24.5 Å². The van der Waals surface area contributed by atoms with E-state index < -0.39 is 5.82 Å². The van der Waals surface area contributed by atoms with Crippen LogP contribution in [0.15, 0.2) is 12.1 Å². The second-order valence-corrected chi connectivity index (χ2v) is 2.59. The summed E-state index contributed by atoms with van der Waals surface area (Å²) in [5.74, 6) is -0.699. The van der Waals surface area contributed by atoms with Gasteiger partial charge in [0.05, 0.1) is 7.11 Å². The Bertz CT molecular complexity index is 299. The Morgan fingerprint density at radius 1 is 1.46 bits per heavy atom. The molecule has 0 fully saturated rings. The molecule has 0 bridgehead atoms. The number of phenols is 1. The molecule has 0 aliphatic heterocycles. The molecule has 0 radical (unpaired) electrons. The first-order valence-corrected chi connectivity index (χ1v) is 3.85. The number of ether oxygens (including phenoxy) is 1. The van der Waals surface area contributed by atoms with Gasteiger partial charge in [-0.3, -0.25) is 0 Å². The van der Waals surface area contributed by atoms with Crippen molar-refractivity contribution < 1.29 is 19.3 Å². The van der Waals surface area contributed by atoms with Crippen LogP contribution in [0.2, 0.25) is 0 Å². The minimum absolute atomic E-state index is 0.0706. The number of phenolic OH excluding ortho intramolecular Hbond substituents is 1. The van der Waals surface area contributed by atoms with Crippen molar-refractivity contribution in [3.8, 4) is 11.5 Å². The molecular formula is C9H11FO3. The molecule has 0 saturated heterocycles. The van der Waals surface area contributed by atoms with Crippen LogP contribution >= 0.6 is 0 Å². The van der Waals surface area contributed by atoms with Crippen LogP contribution in [-0.4, -0.2) is 23.9 Å². The number of hydrogen-bond donors (Lipinski definition) is 2. The van der Waals surface area contributed by atoms with E-state index in [1.807, 2.05) is 0 Å². The normalized spacial score (nSPS) is 10.1. The van der Waals surface area contributed by atoms with Gasteiger partial charge in [-0.15, -0.1) is 0 Å². The molecule has 1 aromatic carbocycles. The summed E-state index contributed by atoms with van der Waals surface area (Å²) in [6.07, 6.45) is 0.280. The van der Waals surface area contributed by atoms with Gasteiger partial charge in [0.2, 0.25) is 0 Å². The predicted octanol–water partition coefficient (Wildman–Crippen LogP) is 1.07. The highest BCUT2D eigenvalue weighted by Gasteiger charge is 2.08. The van der Waals surface area contributed by atoms with Gasteiger partial charge >= 0.3 is 0 Å². The van der Waals surface area contributed by atoms with E-state index in [4.69, 9.17) is 9.84 Å². The number of benzene rings is 1. The Morgan fingerprint density at radius 3 is 2.69 bits per heavy atom. The summed E-state index contributed by atoms with van der Waals surface area (Å²) in [4.78, 5) is 0. The van der Waals surface area contributed by atoms with Crippen molar-refractivity contribution in [1.82, 2.24) is 0 Å². The molecule has 0 saturated carbocycles. The van der Waals surface area contributed by atoms with E-state index in [2.05, 4.69) is 0 Å². The van der Waals surface area contributed by atoms with Crippen molar-refractivity contribution in [3.63, 3.8) is 0 Å². The number of aromatic hydroxyl groups is 1. The van der Waals surface area contributed by atoms with Crippen LogP contribution in [0.3, 0.4) is 0 Å². The lowest BCUT2D eigenvalue weighted by Gasteiger charge is -2.06. The molecule has 0 aliphatic carbocycles. The molecule has 2 N–H and O–H groups in total. The maximum Gasteiger partial charge on any atom is 0.168 e. The summed E-state index contributed by atoms with van der Waals surface area (Å²) in [6.45, 7) is -0.0949. The van der Waals surface area contributed by atoms with Crippen molar-refractivity contribution in [2.24, 2.45) is 0 Å². The predicted molar refractivity (Wildman–Crippen MR) is 45.4 cm³/mol. The van der Waals surface area contributed by atoms with E-state index in [1.54, 1.807) is 0 Å². The van der Waals surface area contributed by atoms with Crippen molar-refractivity contribution in [2.45, 2.75) is 6.42 Å². The van der Waals surface area contributed by atoms with Crippen LogP contribution < -0.4 is 4.74 Å². The molecule has 0 unspecified atom stereocenters. The fourth-order valence-electron chi connectivity index (χ4n) is 1.06. The highest BCUT2D eigenvalue weighted by atomic mass is 19.1. The van der Waals surface area contributed by atoms with Gasteiger partial charge in [-0.25, -0.2) is 4.39 Å². The molecule has 0 spiro atoms. The first kappa shape index (κ1) is 9.80. The zero-order chi connectivity index (χ0) is 9.84. The van der Waals surface area contributed by atoms with Gasteiger partial charge in [0, 0.05) is 18.2 Å². The van der Waals surface area contributed by atoms with Gasteiger partial charge < -0.3 is 14.9 Å². The number of rotatable bonds is 3. The average Bonchev–Trinajstić information content (AvgIpc) is 2.10. The molecule has 72 valence electrons. The van der Waals surface area contributed by atoms with Crippen LogP contribution in [0.1, 0.15) is 5.56 Å². The lowest BCUT2D eigenvalue weighted by atomic mass is 10.1. The number of aliphatic hydroxyl groups is 1. The van der Waals surface area contributed by atoms with Gasteiger partial charge in [0.15, 0.2) is 11.6 Å². The summed E-state index contributed by atoms with van der Waals surface area (Å²) in [5.41, 5.74) is 0.473. The van der Waals surface area contributed by atoms with Crippen molar-refractivity contribution >= 4 is 0 Å². The monoisotopic (exact) mass is 186 g/mol. The third-order valence-electron chi connectivity index (χ3n) is 1.73. The van der Waals surface area contributed by atoms with E-state index in [1.165, 1.54) is 13.2 Å². The molecule has 0 heterocycles. The number of hydrogen-bond acceptors (Lipinski definition) is 3. The zero-order valence-corrected chi connectivity index (χ0v) is 7.25. The maximum atomic E-state index is 12.9. The lowest BCUT2D eigenvalue weighted by Crippen LogP contribution is -1.95. The zero-order valence-electron chi connectivity index (χ0n) is 7.25. The Hall–Kier alpha value is -1.29. The van der Waals surface area contributed by atoms with Crippen LogP contribution in [0, 0.1) is 5.82 Å². The molecule has 1 rings (SSSR count). The largest absolute Gasteiger partial charge is 0.508 e. The summed E-state index contributed by atoms with van der Waals surface area (Å²) in [7, 11) is 1.35. The van der Waals surface area contributed by atoms with Crippen molar-refractivity contribution in [3.05, 3.63) is 23.5 Å². The second-order valence-electron chi connectivity index (χ2n) is 2.59. The Morgan fingerprint density at radius 2 is 2.15 bits per heavy atom. The Labute approximate surface area is 75.4 Å². The molecule has 0 aromatic heterocycles. The first-order valence-electron chi connectivity index (χ1n) is 3.85. The summed E-state index contributed by atoms with van der Waals surface area (Å²) in [5, 5.41) is 17.9. The Kier molecular flexibility index (Phi) is 3.08. The molecule has 0 aliphatic rings. The minimum Gasteiger partial charge on any atom is -0.508 e. The van der Waals surface area contributed by atoms with Crippen LogP contribution in [-0.2, 0) is 6.42 Å². The second kappa shape index (κ2) is 4.09. The third kappa shape index (κ3) is 2.09. The van der Waals surface area contributed by atoms with Gasteiger partial charge in [0.1, 0.15) is 5.75 Å². The fourth-order valence-corrected chi connectivity index (χ4v) is 1.06. The summed E-state index contributed by atoms with van der Waals surface area (Å²) >= 11 is 0. The standard InChI is InChI=1S/C9H11FO3/c1-13-9-4-6(2-3-11)8(12)5-7(9)10/h4-5,11-12H,2-3H2,1H3. The van der Waals surface area contributed by atoms with Gasteiger partial charge in [0.25, 0.3) is 0 Å². The fraction of sp³-hybridized carbons (Fsp3) is 0.333. The van der Waals surface area contributed by atoms with Gasteiger partial charge in [-0.05, 0) is 12.5 Å². The van der Waals surface area contributed by atoms with E-state index in [9.17, 15) is 9.50 Å². The quantitative estimate of drug-likeness (QED) is 0.742. The lowest BCUT2D eigenvalue weighted by molar-refractivity contribution is 0.296. The smallest absolute Gasteiger partial charge is 0.168 e. The van der Waals surface area contributed by atoms with Gasteiger partial charge in [-0.1, -0.05) is 0 Å². The molecule has 1 aromatic rings. The summed E-state index contributed by atoms with van der Waals surface area (Å²) < 4.78 is 17.6. The molecule has 3 nitrogen and oxygen atoms in total. The number of methoxy groups -OCH3 is 1. The van der Waals surface area contributed by atoms with Crippen LogP contribution in [0.4, 0.5) is 4.39 Å². The SMILES string of the molecule is COc1cc(CCO)c(O)cc1F. The average molecular weight is 186 g/mol. The van der Waals surface area contributed by atoms with Gasteiger partial charge in [-0.2, -0.15) is 0 Å². The molecule has 4 heteroatoms. The van der Waals surface area contributed by atoms with E-state index in [0.717, 1.165) is 6.07 Å². The van der Waals surface area contributed by atoms with E-state index in [0.29, 0.717) is 5.56 Å². The first-order chi connectivity index (χ1) is 6.19. The number of aliphatic hydroxyl groups excluding tert-OH is 1. The van der Waals surface area contributed by atoms with Crippen molar-refractivity contribution in [2.75, 3.05) is 13.7 Å². The third-order valence-corrected chi connectivity index (χ3v) is 1.73. The van der Waals surface area contributed by atoms with E-state index >= 15 is 0 Å². The van der Waals surface area contributed by atoms with Crippen LogP contribution in [0.25, 0.3) is 0 Å². The topological polar surface area (TPSA) is 49.7 Å². The minimum atomic E-state index is -0.610. The molecular weight excluding hydrogens is 175 g/mol. The highest BCUT2D eigenvalue weighted by Crippen LogP contribution is 2.26. The molecule has 0 atom stereocenters. The van der Waals surface area contributed by atoms with Crippen molar-refractivity contribution in [1.29, 1.82) is 0 Å².